The Morgan fingerprint density at radius 1 is 1.04 bits per heavy atom. The van der Waals surface area contributed by atoms with Gasteiger partial charge < -0.3 is 18.6 Å². The first-order valence-electron chi connectivity index (χ1n) is 7.52. The number of hydrogen-bond donors (Lipinski definition) is 0. The van der Waals surface area contributed by atoms with E-state index in [0.717, 1.165) is 11.3 Å². The number of aromatic nitrogens is 2. The van der Waals surface area contributed by atoms with E-state index in [-0.39, 0.29) is 23.9 Å². The minimum atomic E-state index is -0.513. The molecule has 0 radical (unpaired) electrons. The molecule has 134 valence electrons. The standard InChI is InChI=1S/C17H15N3O6/c1-23-13-6-3-11(4-7-13)17-19-18-16(26-17)10-25-15-9-12(20(21)22)5-8-14(15)24-2/h3-9H,10H2,1-2H3. The molecule has 0 N–H and O–H groups in total. The van der Waals surface area contributed by atoms with Gasteiger partial charge in [0.15, 0.2) is 18.1 Å². The lowest BCUT2D eigenvalue weighted by Crippen LogP contribution is -1.99. The second kappa shape index (κ2) is 7.51. The van der Waals surface area contributed by atoms with Crippen LogP contribution in [0.1, 0.15) is 5.89 Å². The predicted octanol–water partition coefficient (Wildman–Crippen LogP) is 3.24. The first-order valence-corrected chi connectivity index (χ1v) is 7.52. The first kappa shape index (κ1) is 17.2. The van der Waals surface area contributed by atoms with Gasteiger partial charge in [0, 0.05) is 11.6 Å². The van der Waals surface area contributed by atoms with Crippen LogP contribution < -0.4 is 14.2 Å². The predicted molar refractivity (Wildman–Crippen MR) is 90.3 cm³/mol. The smallest absolute Gasteiger partial charge is 0.273 e. The van der Waals surface area contributed by atoms with Crippen LogP contribution in [-0.2, 0) is 6.61 Å². The van der Waals surface area contributed by atoms with Crippen LogP contribution in [0, 0.1) is 10.1 Å². The van der Waals surface area contributed by atoms with Crippen molar-refractivity contribution >= 4 is 5.69 Å². The topological polar surface area (TPSA) is 110 Å². The summed E-state index contributed by atoms with van der Waals surface area (Å²) in [5.74, 6) is 1.85. The zero-order valence-corrected chi connectivity index (χ0v) is 14.0. The van der Waals surface area contributed by atoms with Gasteiger partial charge in [0.1, 0.15) is 5.75 Å². The van der Waals surface area contributed by atoms with Gasteiger partial charge in [0.25, 0.3) is 11.6 Å². The summed E-state index contributed by atoms with van der Waals surface area (Å²) in [6.07, 6.45) is 0. The Balaban J connectivity index is 1.73. The molecule has 0 saturated carbocycles. The van der Waals surface area contributed by atoms with E-state index in [4.69, 9.17) is 18.6 Å². The van der Waals surface area contributed by atoms with Crippen molar-refractivity contribution in [1.29, 1.82) is 0 Å². The van der Waals surface area contributed by atoms with Crippen LogP contribution in [0.15, 0.2) is 46.9 Å². The Morgan fingerprint density at radius 3 is 2.46 bits per heavy atom. The summed E-state index contributed by atoms with van der Waals surface area (Å²) in [6.45, 7) is -0.0549. The number of nitrogens with zero attached hydrogens (tertiary/aromatic N) is 3. The average molecular weight is 357 g/mol. The fourth-order valence-corrected chi connectivity index (χ4v) is 2.19. The summed E-state index contributed by atoms with van der Waals surface area (Å²) in [4.78, 5) is 10.4. The summed E-state index contributed by atoms with van der Waals surface area (Å²) >= 11 is 0. The van der Waals surface area contributed by atoms with E-state index < -0.39 is 4.92 Å². The molecule has 9 nitrogen and oxygen atoms in total. The fourth-order valence-electron chi connectivity index (χ4n) is 2.19. The molecule has 0 spiro atoms. The highest BCUT2D eigenvalue weighted by Gasteiger charge is 2.15. The second-order valence-corrected chi connectivity index (χ2v) is 5.11. The van der Waals surface area contributed by atoms with Gasteiger partial charge in [-0.15, -0.1) is 10.2 Å². The van der Waals surface area contributed by atoms with Gasteiger partial charge in [-0.2, -0.15) is 0 Å². The van der Waals surface area contributed by atoms with Crippen molar-refractivity contribution < 1.29 is 23.6 Å². The van der Waals surface area contributed by atoms with Crippen molar-refractivity contribution in [1.82, 2.24) is 10.2 Å². The number of benzene rings is 2. The summed E-state index contributed by atoms with van der Waals surface area (Å²) in [5, 5.41) is 18.8. The Kier molecular flexibility index (Phi) is 4.97. The van der Waals surface area contributed by atoms with E-state index in [9.17, 15) is 10.1 Å². The van der Waals surface area contributed by atoms with Crippen molar-refractivity contribution in [2.24, 2.45) is 0 Å². The van der Waals surface area contributed by atoms with Crippen LogP contribution in [0.2, 0.25) is 0 Å². The number of nitro benzene ring substituents is 1. The van der Waals surface area contributed by atoms with Gasteiger partial charge in [-0.1, -0.05) is 0 Å². The van der Waals surface area contributed by atoms with Gasteiger partial charge in [-0.3, -0.25) is 10.1 Å². The highest BCUT2D eigenvalue weighted by Crippen LogP contribution is 2.32. The zero-order valence-electron chi connectivity index (χ0n) is 14.0. The molecule has 0 aliphatic rings. The Labute approximate surface area is 148 Å². The molecule has 0 aliphatic carbocycles. The van der Waals surface area contributed by atoms with E-state index in [1.54, 1.807) is 31.4 Å². The van der Waals surface area contributed by atoms with Crippen molar-refractivity contribution in [2.75, 3.05) is 14.2 Å². The molecule has 1 aromatic heterocycles. The number of methoxy groups -OCH3 is 2. The third-order valence-corrected chi connectivity index (χ3v) is 3.51. The average Bonchev–Trinajstić information content (AvgIpc) is 3.15. The van der Waals surface area contributed by atoms with Crippen LogP contribution in [0.25, 0.3) is 11.5 Å². The first-order chi connectivity index (χ1) is 12.6. The molecule has 1 heterocycles. The quantitative estimate of drug-likeness (QED) is 0.468. The Bertz CT molecular complexity index is 907. The molecule has 9 heteroatoms. The van der Waals surface area contributed by atoms with E-state index in [1.807, 2.05) is 0 Å². The molecule has 2 aromatic carbocycles. The number of ether oxygens (including phenoxy) is 3. The number of hydrogen-bond acceptors (Lipinski definition) is 8. The molecule has 3 rings (SSSR count). The Hall–Kier alpha value is -3.62. The van der Waals surface area contributed by atoms with Gasteiger partial charge >= 0.3 is 0 Å². The van der Waals surface area contributed by atoms with Crippen LogP contribution in [0.4, 0.5) is 5.69 Å². The summed E-state index contributed by atoms with van der Waals surface area (Å²) in [7, 11) is 3.03. The molecule has 0 atom stereocenters. The fraction of sp³-hybridized carbons (Fsp3) is 0.176. The molecule has 0 bridgehead atoms. The number of nitro groups is 1. The maximum absolute atomic E-state index is 10.9. The third kappa shape index (κ3) is 3.72. The highest BCUT2D eigenvalue weighted by atomic mass is 16.6. The van der Waals surface area contributed by atoms with Gasteiger partial charge in [0.05, 0.1) is 25.2 Å². The van der Waals surface area contributed by atoms with Crippen molar-refractivity contribution in [3.05, 3.63) is 58.5 Å². The van der Waals surface area contributed by atoms with Crippen molar-refractivity contribution in [3.8, 4) is 28.7 Å². The summed E-state index contributed by atoms with van der Waals surface area (Å²) < 4.78 is 21.3. The molecular formula is C17H15N3O6. The SMILES string of the molecule is COc1ccc(-c2nnc(COc3cc([N+](=O)[O-])ccc3OC)o2)cc1. The summed E-state index contributed by atoms with van der Waals surface area (Å²) in [6, 6.07) is 11.2. The van der Waals surface area contributed by atoms with Crippen LogP contribution in [0.5, 0.6) is 17.2 Å². The normalized spacial score (nSPS) is 10.4. The highest BCUT2D eigenvalue weighted by molar-refractivity contribution is 5.54. The lowest BCUT2D eigenvalue weighted by molar-refractivity contribution is -0.385. The van der Waals surface area contributed by atoms with E-state index >= 15 is 0 Å². The van der Waals surface area contributed by atoms with Gasteiger partial charge in [-0.25, -0.2) is 0 Å². The van der Waals surface area contributed by atoms with Crippen molar-refractivity contribution in [2.45, 2.75) is 6.61 Å². The number of rotatable bonds is 7. The van der Waals surface area contributed by atoms with Crippen LogP contribution in [-0.4, -0.2) is 29.3 Å². The van der Waals surface area contributed by atoms with Gasteiger partial charge in [0.2, 0.25) is 5.89 Å². The van der Waals surface area contributed by atoms with Crippen molar-refractivity contribution in [3.63, 3.8) is 0 Å². The largest absolute Gasteiger partial charge is 0.497 e. The zero-order chi connectivity index (χ0) is 18.5. The monoisotopic (exact) mass is 357 g/mol. The molecule has 0 amide bonds. The van der Waals surface area contributed by atoms with Crippen LogP contribution >= 0.6 is 0 Å². The maximum Gasteiger partial charge on any atom is 0.273 e. The molecule has 26 heavy (non-hydrogen) atoms. The molecule has 0 unspecified atom stereocenters. The van der Waals surface area contributed by atoms with E-state index in [0.29, 0.717) is 11.6 Å². The second-order valence-electron chi connectivity index (χ2n) is 5.11. The van der Waals surface area contributed by atoms with Crippen LogP contribution in [0.3, 0.4) is 0 Å². The molecule has 0 fully saturated rings. The van der Waals surface area contributed by atoms with E-state index in [1.165, 1.54) is 25.3 Å². The molecule has 0 saturated heterocycles. The maximum atomic E-state index is 10.9. The molecule has 0 aliphatic heterocycles. The van der Waals surface area contributed by atoms with E-state index in [2.05, 4.69) is 10.2 Å². The lowest BCUT2D eigenvalue weighted by atomic mass is 10.2. The summed E-state index contributed by atoms with van der Waals surface area (Å²) in [5.41, 5.74) is 0.628. The number of non-ortho nitro benzene ring substituents is 1. The molecular weight excluding hydrogens is 342 g/mol. The minimum absolute atomic E-state index is 0.0549. The third-order valence-electron chi connectivity index (χ3n) is 3.51. The minimum Gasteiger partial charge on any atom is -0.497 e. The lowest BCUT2D eigenvalue weighted by Gasteiger charge is -2.08. The van der Waals surface area contributed by atoms with Gasteiger partial charge in [-0.05, 0) is 30.3 Å². The Morgan fingerprint density at radius 2 is 1.81 bits per heavy atom. The molecule has 3 aromatic rings.